The van der Waals surface area contributed by atoms with E-state index in [9.17, 15) is 0 Å². The van der Waals surface area contributed by atoms with Gasteiger partial charge in [-0.05, 0) is 26.0 Å². The van der Waals surface area contributed by atoms with Crippen LogP contribution >= 0.6 is 0 Å². The Kier molecular flexibility index (Phi) is 5.37. The van der Waals surface area contributed by atoms with Crippen molar-refractivity contribution in [1.82, 2.24) is 10.6 Å². The third-order valence-electron chi connectivity index (χ3n) is 4.63. The molecule has 2 N–H and O–H groups in total. The third-order valence-corrected chi connectivity index (χ3v) is 4.63. The lowest BCUT2D eigenvalue weighted by Crippen LogP contribution is -2.50. The van der Waals surface area contributed by atoms with Crippen molar-refractivity contribution in [3.8, 4) is 11.5 Å². The van der Waals surface area contributed by atoms with Crippen molar-refractivity contribution < 1.29 is 14.2 Å². The average molecular weight is 347 g/mol. The zero-order valence-electron chi connectivity index (χ0n) is 15.6. The second-order valence-corrected chi connectivity index (χ2v) is 7.22. The molecule has 6 nitrogen and oxygen atoms in total. The minimum atomic E-state index is 0.200. The van der Waals surface area contributed by atoms with Gasteiger partial charge >= 0.3 is 0 Å². The van der Waals surface area contributed by atoms with Gasteiger partial charge < -0.3 is 24.8 Å². The molecule has 0 spiro atoms. The lowest BCUT2D eigenvalue weighted by molar-refractivity contribution is -0.0971. The molecule has 1 aromatic carbocycles. The molecule has 2 heterocycles. The Morgan fingerprint density at radius 2 is 2.16 bits per heavy atom. The highest BCUT2D eigenvalue weighted by atomic mass is 16.5. The fraction of sp³-hybridized carbons (Fsp3) is 0.632. The van der Waals surface area contributed by atoms with E-state index in [-0.39, 0.29) is 11.5 Å². The Labute approximate surface area is 149 Å². The summed E-state index contributed by atoms with van der Waals surface area (Å²) in [6.45, 7) is 10.0. The number of benzene rings is 1. The van der Waals surface area contributed by atoms with Gasteiger partial charge in [-0.3, -0.25) is 4.99 Å². The van der Waals surface area contributed by atoms with Gasteiger partial charge in [-0.1, -0.05) is 6.92 Å². The number of nitrogens with one attached hydrogen (secondary N) is 2. The molecule has 2 aliphatic heterocycles. The number of hydrogen-bond acceptors (Lipinski definition) is 4. The summed E-state index contributed by atoms with van der Waals surface area (Å²) >= 11 is 0. The first kappa shape index (κ1) is 17.9. The van der Waals surface area contributed by atoms with Crippen molar-refractivity contribution in [3.05, 3.63) is 23.3 Å². The average Bonchev–Trinajstić information content (AvgIpc) is 2.92. The van der Waals surface area contributed by atoms with E-state index >= 15 is 0 Å². The highest BCUT2D eigenvalue weighted by molar-refractivity contribution is 5.79. The molecule has 1 saturated heterocycles. The summed E-state index contributed by atoms with van der Waals surface area (Å²) in [5.41, 5.74) is 2.50. The van der Waals surface area contributed by atoms with Crippen molar-refractivity contribution >= 4 is 5.96 Å². The minimum absolute atomic E-state index is 0.200. The van der Waals surface area contributed by atoms with Crippen LogP contribution < -0.4 is 20.1 Å². The van der Waals surface area contributed by atoms with Crippen LogP contribution in [-0.4, -0.2) is 45.5 Å². The van der Waals surface area contributed by atoms with E-state index in [1.165, 1.54) is 5.56 Å². The van der Waals surface area contributed by atoms with Gasteiger partial charge in [-0.2, -0.15) is 0 Å². The molecule has 0 radical (unpaired) electrons. The molecular weight excluding hydrogens is 318 g/mol. The van der Waals surface area contributed by atoms with E-state index in [1.54, 1.807) is 7.05 Å². The zero-order chi connectivity index (χ0) is 17.9. The van der Waals surface area contributed by atoms with E-state index in [1.807, 2.05) is 6.92 Å². The highest BCUT2D eigenvalue weighted by Crippen LogP contribution is 2.35. The first-order valence-electron chi connectivity index (χ1n) is 9.00. The monoisotopic (exact) mass is 347 g/mol. The van der Waals surface area contributed by atoms with E-state index in [4.69, 9.17) is 14.2 Å². The highest BCUT2D eigenvalue weighted by Gasteiger charge is 2.33. The molecule has 0 amide bonds. The standard InChI is InChI=1S/C19H29N3O3/c1-5-24-16-7-14-6-13(2)25-17(14)8-15(16)9-21-18(20-4)22-10-19(3)11-23-12-19/h7-8,13H,5-6,9-12H2,1-4H3,(H2,20,21,22). The summed E-state index contributed by atoms with van der Waals surface area (Å²) in [6.07, 6.45) is 1.17. The SMILES string of the molecule is CCOc1cc2c(cc1CNC(=NC)NCC1(C)COC1)OC(C)C2. The maximum Gasteiger partial charge on any atom is 0.191 e. The molecule has 0 bridgehead atoms. The Morgan fingerprint density at radius 3 is 2.80 bits per heavy atom. The molecule has 2 aliphatic rings. The fourth-order valence-corrected chi connectivity index (χ4v) is 3.16. The first-order valence-corrected chi connectivity index (χ1v) is 9.00. The largest absolute Gasteiger partial charge is 0.494 e. The molecule has 3 rings (SSSR count). The Hall–Kier alpha value is -1.95. The van der Waals surface area contributed by atoms with Crippen LogP contribution in [0.25, 0.3) is 0 Å². The molecule has 6 heteroatoms. The maximum absolute atomic E-state index is 5.88. The molecule has 25 heavy (non-hydrogen) atoms. The molecule has 1 unspecified atom stereocenters. The van der Waals surface area contributed by atoms with E-state index in [0.29, 0.717) is 13.2 Å². The number of guanidine groups is 1. The van der Waals surface area contributed by atoms with Crippen molar-refractivity contribution in [3.63, 3.8) is 0 Å². The molecule has 0 aliphatic carbocycles. The van der Waals surface area contributed by atoms with Crippen LogP contribution in [0.1, 0.15) is 31.9 Å². The van der Waals surface area contributed by atoms with Gasteiger partial charge in [0.15, 0.2) is 5.96 Å². The van der Waals surface area contributed by atoms with Crippen molar-refractivity contribution in [2.75, 3.05) is 33.4 Å². The van der Waals surface area contributed by atoms with Gasteiger partial charge in [0, 0.05) is 43.1 Å². The zero-order valence-corrected chi connectivity index (χ0v) is 15.6. The van der Waals surface area contributed by atoms with Crippen molar-refractivity contribution in [2.24, 2.45) is 10.4 Å². The van der Waals surface area contributed by atoms with Crippen LogP contribution in [0.4, 0.5) is 0 Å². The summed E-state index contributed by atoms with van der Waals surface area (Å²) in [6, 6.07) is 4.20. The molecule has 138 valence electrons. The van der Waals surface area contributed by atoms with Gasteiger partial charge in [-0.15, -0.1) is 0 Å². The molecular formula is C19H29N3O3. The lowest BCUT2D eigenvalue weighted by atomic mass is 9.89. The van der Waals surface area contributed by atoms with Crippen LogP contribution in [0, 0.1) is 5.41 Å². The summed E-state index contributed by atoms with van der Waals surface area (Å²) in [5.74, 6) is 2.67. The number of rotatable bonds is 6. The quantitative estimate of drug-likeness (QED) is 0.610. The second kappa shape index (κ2) is 7.52. The van der Waals surface area contributed by atoms with Crippen molar-refractivity contribution in [2.45, 2.75) is 39.8 Å². The van der Waals surface area contributed by atoms with E-state index in [0.717, 1.165) is 49.2 Å². The molecule has 1 fully saturated rings. The van der Waals surface area contributed by atoms with Crippen LogP contribution in [0.15, 0.2) is 17.1 Å². The van der Waals surface area contributed by atoms with Gasteiger partial charge in [0.05, 0.1) is 19.8 Å². The summed E-state index contributed by atoms with van der Waals surface area (Å²) in [7, 11) is 1.78. The number of aliphatic imine (C=N–C) groups is 1. The lowest BCUT2D eigenvalue weighted by Gasteiger charge is -2.38. The number of ether oxygens (including phenoxy) is 3. The number of hydrogen-bond donors (Lipinski definition) is 2. The first-order chi connectivity index (χ1) is 12.0. The van der Waals surface area contributed by atoms with Crippen LogP contribution in [0.5, 0.6) is 11.5 Å². The Morgan fingerprint density at radius 1 is 1.36 bits per heavy atom. The Bertz CT molecular complexity index is 641. The predicted molar refractivity (Wildman–Crippen MR) is 98.5 cm³/mol. The Balaban J connectivity index is 1.63. The van der Waals surface area contributed by atoms with E-state index < -0.39 is 0 Å². The van der Waals surface area contributed by atoms with Gasteiger partial charge in [0.2, 0.25) is 0 Å². The molecule has 0 saturated carbocycles. The number of nitrogens with zero attached hydrogens (tertiary/aromatic N) is 1. The summed E-state index contributed by atoms with van der Waals surface area (Å²) in [4.78, 5) is 4.31. The second-order valence-electron chi connectivity index (χ2n) is 7.22. The molecule has 1 aromatic rings. The maximum atomic E-state index is 5.88. The summed E-state index contributed by atoms with van der Waals surface area (Å²) in [5, 5.41) is 6.75. The molecule has 1 atom stereocenters. The van der Waals surface area contributed by atoms with Crippen LogP contribution in [-0.2, 0) is 17.7 Å². The van der Waals surface area contributed by atoms with Crippen LogP contribution in [0.2, 0.25) is 0 Å². The van der Waals surface area contributed by atoms with Crippen molar-refractivity contribution in [1.29, 1.82) is 0 Å². The van der Waals surface area contributed by atoms with E-state index in [2.05, 4.69) is 41.6 Å². The fourth-order valence-electron chi connectivity index (χ4n) is 3.16. The van der Waals surface area contributed by atoms with Gasteiger partial charge in [-0.25, -0.2) is 0 Å². The molecule has 0 aromatic heterocycles. The smallest absolute Gasteiger partial charge is 0.191 e. The topological polar surface area (TPSA) is 64.1 Å². The third kappa shape index (κ3) is 4.18. The van der Waals surface area contributed by atoms with Gasteiger partial charge in [0.1, 0.15) is 17.6 Å². The summed E-state index contributed by atoms with van der Waals surface area (Å²) < 4.78 is 17.0. The van der Waals surface area contributed by atoms with Crippen LogP contribution in [0.3, 0.4) is 0 Å². The normalized spacial score (nSPS) is 21.1. The minimum Gasteiger partial charge on any atom is -0.494 e. The predicted octanol–water partition coefficient (Wildman–Crippen LogP) is 2.11. The number of fused-ring (bicyclic) bond motifs is 1. The van der Waals surface area contributed by atoms with Gasteiger partial charge in [0.25, 0.3) is 0 Å².